The molecule has 6 nitrogen and oxygen atoms in total. The van der Waals surface area contributed by atoms with E-state index in [1.54, 1.807) is 4.90 Å². The fourth-order valence-corrected chi connectivity index (χ4v) is 5.87. The molecule has 3 aromatic rings. The molecule has 0 N–H and O–H groups in total. The highest BCUT2D eigenvalue weighted by Gasteiger charge is 2.46. The lowest BCUT2D eigenvalue weighted by Crippen LogP contribution is -2.50. The molecule has 2 aliphatic rings. The molecular formula is C22H21BrF3N5O. The van der Waals surface area contributed by atoms with Crippen LogP contribution in [-0.4, -0.2) is 36.4 Å². The molecule has 2 bridgehead atoms. The minimum Gasteiger partial charge on any atom is -0.325 e. The van der Waals surface area contributed by atoms with Crippen molar-refractivity contribution in [3.8, 4) is 11.3 Å². The predicted octanol–water partition coefficient (Wildman–Crippen LogP) is 4.89. The van der Waals surface area contributed by atoms with Gasteiger partial charge in [-0.3, -0.25) is 14.2 Å². The van der Waals surface area contributed by atoms with Crippen LogP contribution >= 0.6 is 15.9 Å². The van der Waals surface area contributed by atoms with Gasteiger partial charge in [0.1, 0.15) is 5.69 Å². The third-order valence-electron chi connectivity index (χ3n) is 6.42. The topological polar surface area (TPSA) is 56.0 Å². The van der Waals surface area contributed by atoms with E-state index in [-0.39, 0.29) is 22.3 Å². The van der Waals surface area contributed by atoms with Crippen LogP contribution in [0.2, 0.25) is 0 Å². The zero-order valence-electron chi connectivity index (χ0n) is 17.5. The lowest BCUT2D eigenvalue weighted by Gasteiger charge is -2.45. The average Bonchev–Trinajstić information content (AvgIpc) is 3.23. The SMILES string of the molecule is Cn1nc(C(F)(F)F)c(Br)c1C(=O)N1[C@@H]2CCC[C@H]1c1nn(C)c(-c3ccccc3)c1C2. The Kier molecular flexibility index (Phi) is 4.96. The predicted molar refractivity (Wildman–Crippen MR) is 115 cm³/mol. The highest BCUT2D eigenvalue weighted by atomic mass is 79.9. The maximum absolute atomic E-state index is 13.6. The maximum Gasteiger partial charge on any atom is 0.436 e. The highest BCUT2D eigenvalue weighted by Crippen LogP contribution is 2.46. The minimum absolute atomic E-state index is 0.0862. The molecule has 1 fully saturated rings. The van der Waals surface area contributed by atoms with Crippen LogP contribution < -0.4 is 0 Å². The Morgan fingerprint density at radius 1 is 1.09 bits per heavy atom. The Balaban J connectivity index is 1.58. The third kappa shape index (κ3) is 3.18. The van der Waals surface area contributed by atoms with Crippen LogP contribution in [0, 0.1) is 0 Å². The molecule has 0 aliphatic carbocycles. The van der Waals surface area contributed by atoms with Crippen molar-refractivity contribution in [1.82, 2.24) is 24.5 Å². The number of halogens is 4. The molecule has 0 saturated carbocycles. The number of aromatic nitrogens is 4. The van der Waals surface area contributed by atoms with Gasteiger partial charge in [0.15, 0.2) is 5.69 Å². The largest absolute Gasteiger partial charge is 0.436 e. The van der Waals surface area contributed by atoms with Gasteiger partial charge >= 0.3 is 6.18 Å². The zero-order chi connectivity index (χ0) is 22.8. The summed E-state index contributed by atoms with van der Waals surface area (Å²) in [5, 5.41) is 8.34. The number of hydrogen-bond acceptors (Lipinski definition) is 3. The summed E-state index contributed by atoms with van der Waals surface area (Å²) in [6.07, 6.45) is -1.56. The van der Waals surface area contributed by atoms with Crippen LogP contribution in [0.15, 0.2) is 34.8 Å². The molecule has 10 heteroatoms. The average molecular weight is 508 g/mol. The summed E-state index contributed by atoms with van der Waals surface area (Å²) in [6.45, 7) is 0. The van der Waals surface area contributed by atoms with E-state index in [9.17, 15) is 18.0 Å². The van der Waals surface area contributed by atoms with Crippen LogP contribution in [-0.2, 0) is 26.7 Å². The van der Waals surface area contributed by atoms with Gasteiger partial charge in [-0.2, -0.15) is 23.4 Å². The normalized spacial score (nSPS) is 20.4. The molecule has 0 unspecified atom stereocenters. The number of piperidine rings is 1. The Morgan fingerprint density at radius 2 is 1.81 bits per heavy atom. The van der Waals surface area contributed by atoms with Gasteiger partial charge in [-0.1, -0.05) is 30.3 Å². The standard InChI is InChI=1S/C22H21BrF3N5O/c1-29-18(12-7-4-3-5-8-12)14-11-13-9-6-10-15(17(14)27-29)31(13)21(32)19-16(23)20(22(24,25)26)28-30(19)2/h3-5,7-8,13,15H,6,9-11H2,1-2H3/t13-,15+/m1/s1. The minimum atomic E-state index is -4.65. The van der Waals surface area contributed by atoms with Gasteiger partial charge in [0.25, 0.3) is 5.91 Å². The molecule has 4 heterocycles. The summed E-state index contributed by atoms with van der Waals surface area (Å²) in [7, 11) is 3.26. The van der Waals surface area contributed by atoms with Gasteiger partial charge in [-0.15, -0.1) is 0 Å². The summed E-state index contributed by atoms with van der Waals surface area (Å²) in [4.78, 5) is 15.3. The van der Waals surface area contributed by atoms with E-state index >= 15 is 0 Å². The fraction of sp³-hybridized carbons (Fsp3) is 0.409. The summed E-state index contributed by atoms with van der Waals surface area (Å²) in [5.41, 5.74) is 2.88. The Labute approximate surface area is 191 Å². The molecule has 2 aromatic heterocycles. The number of benzene rings is 1. The molecule has 168 valence electrons. The maximum atomic E-state index is 13.6. The number of hydrogen-bond donors (Lipinski definition) is 0. The number of aryl methyl sites for hydroxylation is 2. The van der Waals surface area contributed by atoms with Crippen LogP contribution in [0.4, 0.5) is 13.2 Å². The van der Waals surface area contributed by atoms with Crippen LogP contribution in [0.25, 0.3) is 11.3 Å². The third-order valence-corrected chi connectivity index (χ3v) is 7.17. The van der Waals surface area contributed by atoms with Gasteiger partial charge in [-0.25, -0.2) is 0 Å². The van der Waals surface area contributed by atoms with Gasteiger partial charge in [0.05, 0.1) is 21.9 Å². The number of fused-ring (bicyclic) bond motifs is 4. The van der Waals surface area contributed by atoms with Gasteiger partial charge in [0.2, 0.25) is 0 Å². The van der Waals surface area contributed by atoms with Crippen LogP contribution in [0.1, 0.15) is 52.7 Å². The number of alkyl halides is 3. The molecule has 0 spiro atoms. The van der Waals surface area contributed by atoms with E-state index in [2.05, 4.69) is 21.0 Å². The van der Waals surface area contributed by atoms with Crippen molar-refractivity contribution in [2.45, 2.75) is 43.9 Å². The molecule has 1 aromatic carbocycles. The second kappa shape index (κ2) is 7.47. The van der Waals surface area contributed by atoms with E-state index in [0.717, 1.165) is 46.5 Å². The molecule has 1 saturated heterocycles. The van der Waals surface area contributed by atoms with Crippen LogP contribution in [0.3, 0.4) is 0 Å². The number of amides is 1. The van der Waals surface area contributed by atoms with E-state index in [0.29, 0.717) is 6.42 Å². The van der Waals surface area contributed by atoms with Gasteiger partial charge in [0, 0.05) is 31.3 Å². The number of carbonyl (C=O) groups excluding carboxylic acids is 1. The monoisotopic (exact) mass is 507 g/mol. The van der Waals surface area contributed by atoms with E-state index in [1.165, 1.54) is 7.05 Å². The highest BCUT2D eigenvalue weighted by molar-refractivity contribution is 9.10. The molecule has 0 radical (unpaired) electrons. The summed E-state index contributed by atoms with van der Waals surface area (Å²) < 4.78 is 42.6. The number of nitrogens with zero attached hydrogens (tertiary/aromatic N) is 5. The number of rotatable bonds is 2. The quantitative estimate of drug-likeness (QED) is 0.495. The first kappa shape index (κ1) is 21.2. The lowest BCUT2D eigenvalue weighted by molar-refractivity contribution is -0.142. The van der Waals surface area contributed by atoms with E-state index in [1.807, 2.05) is 42.1 Å². The second-order valence-corrected chi connectivity index (χ2v) is 9.14. The molecule has 2 aliphatic heterocycles. The first-order chi connectivity index (χ1) is 15.2. The van der Waals surface area contributed by atoms with Crippen molar-refractivity contribution >= 4 is 21.8 Å². The summed E-state index contributed by atoms with van der Waals surface area (Å²) in [5.74, 6) is -0.449. The molecule has 2 atom stereocenters. The Hall–Kier alpha value is -2.62. The van der Waals surface area contributed by atoms with E-state index < -0.39 is 17.8 Å². The van der Waals surface area contributed by atoms with Crippen molar-refractivity contribution in [2.75, 3.05) is 0 Å². The fourth-order valence-electron chi connectivity index (χ4n) is 5.14. The van der Waals surface area contributed by atoms with Crippen molar-refractivity contribution in [3.05, 3.63) is 57.4 Å². The van der Waals surface area contributed by atoms with Crippen molar-refractivity contribution in [1.29, 1.82) is 0 Å². The molecule has 32 heavy (non-hydrogen) atoms. The smallest absolute Gasteiger partial charge is 0.325 e. The van der Waals surface area contributed by atoms with Gasteiger partial charge in [-0.05, 0) is 41.6 Å². The van der Waals surface area contributed by atoms with Crippen molar-refractivity contribution in [2.24, 2.45) is 14.1 Å². The van der Waals surface area contributed by atoms with Gasteiger partial charge < -0.3 is 4.90 Å². The number of carbonyl (C=O) groups is 1. The zero-order valence-corrected chi connectivity index (χ0v) is 19.1. The summed E-state index contributed by atoms with van der Waals surface area (Å²) in [6, 6.07) is 9.62. The summed E-state index contributed by atoms with van der Waals surface area (Å²) >= 11 is 2.99. The molecule has 1 amide bonds. The molecule has 5 rings (SSSR count). The first-order valence-electron chi connectivity index (χ1n) is 10.4. The van der Waals surface area contributed by atoms with E-state index in [4.69, 9.17) is 5.10 Å². The first-order valence-corrected chi connectivity index (χ1v) is 11.2. The lowest BCUT2D eigenvalue weighted by atomic mass is 9.81. The van der Waals surface area contributed by atoms with Crippen LogP contribution in [0.5, 0.6) is 0 Å². The Morgan fingerprint density at radius 3 is 2.47 bits per heavy atom. The van der Waals surface area contributed by atoms with Crippen molar-refractivity contribution < 1.29 is 18.0 Å². The van der Waals surface area contributed by atoms with Crippen molar-refractivity contribution in [3.63, 3.8) is 0 Å². The molecular weight excluding hydrogens is 487 g/mol. The second-order valence-electron chi connectivity index (χ2n) is 8.35. The Bertz CT molecular complexity index is 1200.